The molecule has 0 bridgehead atoms. The SMILES string of the molecule is NC1(C(=O)N2CCCC(F)(F)C2)CC1. The van der Waals surface area contributed by atoms with Crippen LogP contribution >= 0.6 is 0 Å². The Balaban J connectivity index is 2.01. The van der Waals surface area contributed by atoms with Crippen LogP contribution in [0.4, 0.5) is 8.78 Å². The molecule has 1 aliphatic heterocycles. The Morgan fingerprint density at radius 2 is 1.93 bits per heavy atom. The Hall–Kier alpha value is -0.710. The average molecular weight is 204 g/mol. The van der Waals surface area contributed by atoms with Crippen molar-refractivity contribution in [3.05, 3.63) is 0 Å². The van der Waals surface area contributed by atoms with Crippen LogP contribution in [0.1, 0.15) is 25.7 Å². The van der Waals surface area contributed by atoms with E-state index in [0.29, 0.717) is 25.8 Å². The summed E-state index contributed by atoms with van der Waals surface area (Å²) in [6, 6.07) is 0. The van der Waals surface area contributed by atoms with Crippen molar-refractivity contribution in [2.24, 2.45) is 5.73 Å². The van der Waals surface area contributed by atoms with Crippen LogP contribution in [0.2, 0.25) is 0 Å². The van der Waals surface area contributed by atoms with E-state index in [-0.39, 0.29) is 12.3 Å². The quantitative estimate of drug-likeness (QED) is 0.684. The maximum atomic E-state index is 13.0. The largest absolute Gasteiger partial charge is 0.335 e. The van der Waals surface area contributed by atoms with Crippen molar-refractivity contribution in [1.29, 1.82) is 0 Å². The first-order valence-electron chi connectivity index (χ1n) is 4.89. The lowest BCUT2D eigenvalue weighted by Gasteiger charge is -2.34. The summed E-state index contributed by atoms with van der Waals surface area (Å²) in [5, 5.41) is 0. The second-order valence-electron chi connectivity index (χ2n) is 4.34. The molecular weight excluding hydrogens is 190 g/mol. The minimum atomic E-state index is -2.72. The van der Waals surface area contributed by atoms with Gasteiger partial charge in [0.15, 0.2) is 0 Å². The average Bonchev–Trinajstić information content (AvgIpc) is 2.82. The molecule has 2 fully saturated rings. The van der Waals surface area contributed by atoms with Gasteiger partial charge >= 0.3 is 0 Å². The molecule has 5 heteroatoms. The molecule has 1 aliphatic carbocycles. The summed E-state index contributed by atoms with van der Waals surface area (Å²) in [5.41, 5.74) is 4.86. The van der Waals surface area contributed by atoms with Crippen LogP contribution in [-0.4, -0.2) is 35.4 Å². The lowest BCUT2D eigenvalue weighted by atomic mass is 10.1. The number of nitrogens with zero attached hydrogens (tertiary/aromatic N) is 1. The maximum Gasteiger partial charge on any atom is 0.265 e. The predicted octanol–water partition coefficient (Wildman–Crippen LogP) is 0.735. The van der Waals surface area contributed by atoms with Gasteiger partial charge in [0, 0.05) is 13.0 Å². The molecule has 1 saturated carbocycles. The number of halogens is 2. The molecule has 2 rings (SSSR count). The zero-order valence-corrected chi connectivity index (χ0v) is 7.93. The molecule has 0 aromatic carbocycles. The van der Waals surface area contributed by atoms with Crippen LogP contribution < -0.4 is 5.73 Å². The first kappa shape index (κ1) is 9.83. The molecule has 2 aliphatic rings. The lowest BCUT2D eigenvalue weighted by molar-refractivity contribution is -0.143. The number of amides is 1. The molecule has 14 heavy (non-hydrogen) atoms. The van der Waals surface area contributed by atoms with E-state index in [1.807, 2.05) is 0 Å². The highest BCUT2D eigenvalue weighted by Crippen LogP contribution is 2.36. The number of nitrogens with two attached hydrogens (primary N) is 1. The zero-order valence-electron chi connectivity index (χ0n) is 7.93. The highest BCUT2D eigenvalue weighted by molar-refractivity contribution is 5.89. The Morgan fingerprint density at radius 1 is 1.29 bits per heavy atom. The Kier molecular flexibility index (Phi) is 2.03. The lowest BCUT2D eigenvalue weighted by Crippen LogP contribution is -2.52. The van der Waals surface area contributed by atoms with Gasteiger partial charge in [0.25, 0.3) is 5.92 Å². The van der Waals surface area contributed by atoms with Crippen LogP contribution in [0.15, 0.2) is 0 Å². The van der Waals surface area contributed by atoms with Gasteiger partial charge in [0.05, 0.1) is 12.1 Å². The van der Waals surface area contributed by atoms with Gasteiger partial charge in [0.1, 0.15) is 0 Å². The minimum absolute atomic E-state index is 0.117. The van der Waals surface area contributed by atoms with Crippen LogP contribution in [0, 0.1) is 0 Å². The molecule has 2 N–H and O–H groups in total. The van der Waals surface area contributed by atoms with Gasteiger partial charge in [-0.1, -0.05) is 0 Å². The number of likely N-dealkylation sites (tertiary alicyclic amines) is 1. The van der Waals surface area contributed by atoms with Gasteiger partial charge in [-0.15, -0.1) is 0 Å². The van der Waals surface area contributed by atoms with Gasteiger partial charge in [-0.25, -0.2) is 8.78 Å². The van der Waals surface area contributed by atoms with Crippen molar-refractivity contribution in [3.63, 3.8) is 0 Å². The third-order valence-electron chi connectivity index (χ3n) is 2.89. The normalized spacial score (nSPS) is 28.6. The number of carbonyl (C=O) groups excluding carboxylic acids is 1. The molecule has 0 unspecified atom stereocenters. The summed E-state index contributed by atoms with van der Waals surface area (Å²) < 4.78 is 26.0. The van der Waals surface area contributed by atoms with Crippen molar-refractivity contribution in [1.82, 2.24) is 4.90 Å². The van der Waals surface area contributed by atoms with E-state index in [1.165, 1.54) is 4.90 Å². The molecule has 1 amide bonds. The smallest absolute Gasteiger partial charge is 0.265 e. The van der Waals surface area contributed by atoms with Crippen molar-refractivity contribution in [2.75, 3.05) is 13.1 Å². The molecule has 0 radical (unpaired) electrons. The third kappa shape index (κ3) is 1.73. The summed E-state index contributed by atoms with van der Waals surface area (Å²) >= 11 is 0. The number of carbonyl (C=O) groups is 1. The van der Waals surface area contributed by atoms with E-state index in [9.17, 15) is 13.6 Å². The van der Waals surface area contributed by atoms with E-state index in [4.69, 9.17) is 5.73 Å². The monoisotopic (exact) mass is 204 g/mol. The first-order chi connectivity index (χ1) is 6.43. The number of hydrogen-bond donors (Lipinski definition) is 1. The van der Waals surface area contributed by atoms with E-state index < -0.39 is 18.0 Å². The molecule has 3 nitrogen and oxygen atoms in total. The van der Waals surface area contributed by atoms with E-state index in [1.54, 1.807) is 0 Å². The first-order valence-corrected chi connectivity index (χ1v) is 4.89. The molecule has 0 atom stereocenters. The summed E-state index contributed by atoms with van der Waals surface area (Å²) in [5.74, 6) is -3.02. The van der Waals surface area contributed by atoms with Crippen LogP contribution in [0.3, 0.4) is 0 Å². The Morgan fingerprint density at radius 3 is 2.43 bits per heavy atom. The van der Waals surface area contributed by atoms with Crippen molar-refractivity contribution >= 4 is 5.91 Å². The minimum Gasteiger partial charge on any atom is -0.335 e. The topological polar surface area (TPSA) is 46.3 Å². The maximum absolute atomic E-state index is 13.0. The standard InChI is InChI=1S/C9H14F2N2O/c10-9(11)2-1-5-13(6-9)7(14)8(12)3-4-8/h1-6,12H2. The highest BCUT2D eigenvalue weighted by Gasteiger charge is 2.50. The van der Waals surface area contributed by atoms with E-state index >= 15 is 0 Å². The van der Waals surface area contributed by atoms with Crippen molar-refractivity contribution in [2.45, 2.75) is 37.1 Å². The molecular formula is C9H14F2N2O. The van der Waals surface area contributed by atoms with Crippen molar-refractivity contribution in [3.8, 4) is 0 Å². The highest BCUT2D eigenvalue weighted by atomic mass is 19.3. The zero-order chi connectivity index (χ0) is 10.4. The van der Waals surface area contributed by atoms with Gasteiger partial charge in [-0.05, 0) is 19.3 Å². The van der Waals surface area contributed by atoms with Crippen LogP contribution in [0.25, 0.3) is 0 Å². The Labute approximate surface area is 81.2 Å². The van der Waals surface area contributed by atoms with Gasteiger partial charge in [-0.2, -0.15) is 0 Å². The summed E-state index contributed by atoms with van der Waals surface area (Å²) in [6.07, 6.45) is 1.52. The van der Waals surface area contributed by atoms with Gasteiger partial charge in [0.2, 0.25) is 5.91 Å². The van der Waals surface area contributed by atoms with Gasteiger partial charge < -0.3 is 10.6 Å². The summed E-state index contributed by atoms with van der Waals surface area (Å²) in [4.78, 5) is 12.9. The summed E-state index contributed by atoms with van der Waals surface area (Å²) in [7, 11) is 0. The fraction of sp³-hybridized carbons (Fsp3) is 0.889. The Bertz CT molecular complexity index is 264. The van der Waals surface area contributed by atoms with Crippen LogP contribution in [-0.2, 0) is 4.79 Å². The predicted molar refractivity (Wildman–Crippen MR) is 46.9 cm³/mol. The third-order valence-corrected chi connectivity index (χ3v) is 2.89. The molecule has 1 heterocycles. The van der Waals surface area contributed by atoms with E-state index in [2.05, 4.69) is 0 Å². The van der Waals surface area contributed by atoms with E-state index in [0.717, 1.165) is 0 Å². The number of hydrogen-bond acceptors (Lipinski definition) is 2. The molecule has 0 aromatic rings. The number of piperidine rings is 1. The second kappa shape index (κ2) is 2.89. The van der Waals surface area contributed by atoms with Gasteiger partial charge in [-0.3, -0.25) is 4.79 Å². The number of alkyl halides is 2. The fourth-order valence-electron chi connectivity index (χ4n) is 1.80. The molecule has 0 aromatic heterocycles. The number of rotatable bonds is 1. The van der Waals surface area contributed by atoms with Crippen molar-refractivity contribution < 1.29 is 13.6 Å². The molecule has 80 valence electrons. The molecule has 0 spiro atoms. The second-order valence-corrected chi connectivity index (χ2v) is 4.34. The summed E-state index contributed by atoms with van der Waals surface area (Å²) in [6.45, 7) is -0.0296. The van der Waals surface area contributed by atoms with Crippen LogP contribution in [0.5, 0.6) is 0 Å². The fourth-order valence-corrected chi connectivity index (χ4v) is 1.80. The molecule has 1 saturated heterocycles.